The van der Waals surface area contributed by atoms with Crippen molar-refractivity contribution in [2.45, 2.75) is 0 Å². The summed E-state index contributed by atoms with van der Waals surface area (Å²) in [6.07, 6.45) is 0. The number of nitro benzene ring substituents is 1. The molecule has 0 N–H and O–H groups in total. The van der Waals surface area contributed by atoms with E-state index in [4.69, 9.17) is 9.47 Å². The fraction of sp³-hybridized carbons (Fsp3) is 0.0769. The highest BCUT2D eigenvalue weighted by molar-refractivity contribution is 9.10. The second kappa shape index (κ2) is 5.87. The Hall–Kier alpha value is -2.15. The highest BCUT2D eigenvalue weighted by Gasteiger charge is 2.23. The van der Waals surface area contributed by atoms with Crippen LogP contribution in [0.15, 0.2) is 40.9 Å². The summed E-state index contributed by atoms with van der Waals surface area (Å²) >= 11 is 3.19. The van der Waals surface area contributed by atoms with Gasteiger partial charge in [-0.15, -0.1) is 0 Å². The molecular formula is C13H9BrFNO4. The van der Waals surface area contributed by atoms with Crippen LogP contribution in [0.4, 0.5) is 10.1 Å². The van der Waals surface area contributed by atoms with E-state index in [0.717, 1.165) is 6.07 Å². The molecule has 7 heteroatoms. The standard InChI is InChI=1S/C13H9BrFNO4/c1-19-10-3-2-4-11(13(10)16(17)18)20-12-7-8(15)5-6-9(12)14/h2-7H,1H3. The fourth-order valence-corrected chi connectivity index (χ4v) is 1.93. The molecule has 2 aromatic rings. The van der Waals surface area contributed by atoms with Crippen LogP contribution < -0.4 is 9.47 Å². The van der Waals surface area contributed by atoms with E-state index in [1.807, 2.05) is 0 Å². The zero-order valence-corrected chi connectivity index (χ0v) is 11.9. The Morgan fingerprint density at radius 3 is 2.55 bits per heavy atom. The van der Waals surface area contributed by atoms with Gasteiger partial charge in [0.1, 0.15) is 11.6 Å². The summed E-state index contributed by atoms with van der Waals surface area (Å²) in [5.74, 6) is -0.323. The number of hydrogen-bond acceptors (Lipinski definition) is 4. The van der Waals surface area contributed by atoms with Crippen LogP contribution in [0.3, 0.4) is 0 Å². The van der Waals surface area contributed by atoms with Crippen LogP contribution in [-0.4, -0.2) is 12.0 Å². The second-order valence-corrected chi connectivity index (χ2v) is 4.60. The Morgan fingerprint density at radius 1 is 1.20 bits per heavy atom. The molecule has 0 aromatic heterocycles. The second-order valence-electron chi connectivity index (χ2n) is 3.74. The van der Waals surface area contributed by atoms with Crippen molar-refractivity contribution in [2.75, 3.05) is 7.11 Å². The lowest BCUT2D eigenvalue weighted by Crippen LogP contribution is -1.97. The first kappa shape index (κ1) is 14.3. The lowest BCUT2D eigenvalue weighted by atomic mass is 10.2. The third-order valence-corrected chi connectivity index (χ3v) is 3.13. The average molecular weight is 342 g/mol. The molecule has 0 spiro atoms. The minimum Gasteiger partial charge on any atom is -0.490 e. The highest BCUT2D eigenvalue weighted by atomic mass is 79.9. The number of ether oxygens (including phenoxy) is 2. The monoisotopic (exact) mass is 341 g/mol. The highest BCUT2D eigenvalue weighted by Crippen LogP contribution is 2.40. The summed E-state index contributed by atoms with van der Waals surface area (Å²) in [7, 11) is 1.32. The van der Waals surface area contributed by atoms with E-state index < -0.39 is 10.7 Å². The van der Waals surface area contributed by atoms with Crippen molar-refractivity contribution < 1.29 is 18.8 Å². The van der Waals surface area contributed by atoms with Crippen molar-refractivity contribution in [3.8, 4) is 17.2 Å². The molecular weight excluding hydrogens is 333 g/mol. The molecule has 20 heavy (non-hydrogen) atoms. The van der Waals surface area contributed by atoms with Gasteiger partial charge in [-0.1, -0.05) is 6.07 Å². The molecule has 0 bridgehead atoms. The number of methoxy groups -OCH3 is 1. The smallest absolute Gasteiger partial charge is 0.352 e. The number of benzene rings is 2. The number of nitro groups is 1. The van der Waals surface area contributed by atoms with Crippen molar-refractivity contribution in [1.82, 2.24) is 0 Å². The van der Waals surface area contributed by atoms with Gasteiger partial charge in [-0.2, -0.15) is 0 Å². The average Bonchev–Trinajstić information content (AvgIpc) is 2.42. The molecule has 0 saturated heterocycles. The van der Waals surface area contributed by atoms with Gasteiger partial charge < -0.3 is 9.47 Å². The number of para-hydroxylation sites is 1. The van der Waals surface area contributed by atoms with E-state index in [9.17, 15) is 14.5 Å². The predicted octanol–water partition coefficient (Wildman–Crippen LogP) is 4.30. The number of rotatable bonds is 4. The van der Waals surface area contributed by atoms with Crippen molar-refractivity contribution in [3.05, 3.63) is 56.8 Å². The molecule has 0 unspecified atom stereocenters. The number of halogens is 2. The maximum atomic E-state index is 13.2. The van der Waals surface area contributed by atoms with Gasteiger partial charge in [-0.25, -0.2) is 4.39 Å². The summed E-state index contributed by atoms with van der Waals surface area (Å²) in [6.45, 7) is 0. The Morgan fingerprint density at radius 2 is 1.90 bits per heavy atom. The van der Waals surface area contributed by atoms with E-state index in [1.165, 1.54) is 31.4 Å². The molecule has 0 heterocycles. The van der Waals surface area contributed by atoms with Crippen LogP contribution in [-0.2, 0) is 0 Å². The molecule has 5 nitrogen and oxygen atoms in total. The summed E-state index contributed by atoms with van der Waals surface area (Å²) < 4.78 is 24.0. The van der Waals surface area contributed by atoms with Crippen LogP contribution in [0, 0.1) is 15.9 Å². The van der Waals surface area contributed by atoms with Gasteiger partial charge >= 0.3 is 5.69 Å². The van der Waals surface area contributed by atoms with Crippen molar-refractivity contribution in [1.29, 1.82) is 0 Å². The molecule has 0 aliphatic rings. The van der Waals surface area contributed by atoms with Crippen LogP contribution in [0.2, 0.25) is 0 Å². The molecule has 0 atom stereocenters. The first-order valence-electron chi connectivity index (χ1n) is 5.47. The zero-order chi connectivity index (χ0) is 14.7. The largest absolute Gasteiger partial charge is 0.490 e. The Labute approximate surface area is 122 Å². The minimum absolute atomic E-state index is 0.0272. The maximum absolute atomic E-state index is 13.2. The molecule has 2 aromatic carbocycles. The number of hydrogen-bond donors (Lipinski definition) is 0. The first-order valence-corrected chi connectivity index (χ1v) is 6.26. The molecule has 0 aliphatic carbocycles. The van der Waals surface area contributed by atoms with Gasteiger partial charge in [0.15, 0.2) is 0 Å². The molecule has 104 valence electrons. The zero-order valence-electron chi connectivity index (χ0n) is 10.3. The van der Waals surface area contributed by atoms with E-state index in [-0.39, 0.29) is 22.9 Å². The van der Waals surface area contributed by atoms with Crippen molar-refractivity contribution in [3.63, 3.8) is 0 Å². The Bertz CT molecular complexity index is 663. The molecule has 2 rings (SSSR count). The van der Waals surface area contributed by atoms with E-state index in [2.05, 4.69) is 15.9 Å². The van der Waals surface area contributed by atoms with Crippen LogP contribution in [0.25, 0.3) is 0 Å². The fourth-order valence-electron chi connectivity index (χ4n) is 1.60. The summed E-state index contributed by atoms with van der Waals surface area (Å²) in [5, 5.41) is 11.1. The van der Waals surface area contributed by atoms with Gasteiger partial charge in [0.25, 0.3) is 0 Å². The first-order chi connectivity index (χ1) is 9.52. The third-order valence-electron chi connectivity index (χ3n) is 2.48. The normalized spacial score (nSPS) is 10.2. The maximum Gasteiger partial charge on any atom is 0.352 e. The predicted molar refractivity (Wildman–Crippen MR) is 73.8 cm³/mol. The van der Waals surface area contributed by atoms with Crippen LogP contribution >= 0.6 is 15.9 Å². The Kier molecular flexibility index (Phi) is 4.19. The van der Waals surface area contributed by atoms with Gasteiger partial charge in [0.05, 0.1) is 16.5 Å². The lowest BCUT2D eigenvalue weighted by molar-refractivity contribution is -0.386. The van der Waals surface area contributed by atoms with Gasteiger partial charge in [-0.05, 0) is 40.2 Å². The van der Waals surface area contributed by atoms with E-state index in [0.29, 0.717) is 4.47 Å². The third kappa shape index (κ3) is 2.88. The van der Waals surface area contributed by atoms with Crippen molar-refractivity contribution in [2.24, 2.45) is 0 Å². The summed E-state index contributed by atoms with van der Waals surface area (Å²) in [4.78, 5) is 10.5. The summed E-state index contributed by atoms with van der Waals surface area (Å²) in [5.41, 5.74) is -0.314. The van der Waals surface area contributed by atoms with Crippen molar-refractivity contribution >= 4 is 21.6 Å². The minimum atomic E-state index is -0.610. The molecule has 0 aliphatic heterocycles. The molecule has 0 radical (unpaired) electrons. The molecule has 0 saturated carbocycles. The number of nitrogens with zero attached hydrogens (tertiary/aromatic N) is 1. The van der Waals surface area contributed by atoms with E-state index >= 15 is 0 Å². The quantitative estimate of drug-likeness (QED) is 0.614. The molecule has 0 fully saturated rings. The van der Waals surface area contributed by atoms with Gasteiger partial charge in [0.2, 0.25) is 11.5 Å². The topological polar surface area (TPSA) is 61.6 Å². The molecule has 0 amide bonds. The Balaban J connectivity index is 2.48. The van der Waals surface area contributed by atoms with Crippen LogP contribution in [0.1, 0.15) is 0 Å². The van der Waals surface area contributed by atoms with Crippen LogP contribution in [0.5, 0.6) is 17.2 Å². The van der Waals surface area contributed by atoms with E-state index in [1.54, 1.807) is 6.07 Å². The summed E-state index contributed by atoms with van der Waals surface area (Å²) in [6, 6.07) is 8.25. The van der Waals surface area contributed by atoms with Gasteiger partial charge in [-0.3, -0.25) is 10.1 Å². The SMILES string of the molecule is COc1cccc(Oc2cc(F)ccc2Br)c1[N+](=O)[O-]. The lowest BCUT2D eigenvalue weighted by Gasteiger charge is -2.10. The van der Waals surface area contributed by atoms with Gasteiger partial charge in [0, 0.05) is 6.07 Å².